The molecule has 0 amide bonds. The highest BCUT2D eigenvalue weighted by molar-refractivity contribution is 7.80. The smallest absolute Gasteiger partial charge is 0.171 e. The van der Waals surface area contributed by atoms with Crippen LogP contribution in [-0.4, -0.2) is 23.2 Å². The summed E-state index contributed by atoms with van der Waals surface area (Å²) in [5.41, 5.74) is 3.08. The van der Waals surface area contributed by atoms with Crippen LogP contribution < -0.4 is 15.4 Å². The lowest BCUT2D eigenvalue weighted by atomic mass is 10.1. The van der Waals surface area contributed by atoms with Crippen LogP contribution in [0.1, 0.15) is 18.9 Å². The van der Waals surface area contributed by atoms with Crippen molar-refractivity contribution in [3.05, 3.63) is 66.4 Å². The number of thiocarbonyl (C=S) groups is 1. The van der Waals surface area contributed by atoms with E-state index in [4.69, 9.17) is 17.0 Å². The SMILES string of the molecule is COc1ccc(NC(=S)N[C@H](C)CCc2ccccc2)c2cccnc12. The maximum atomic E-state index is 5.49. The molecule has 2 aromatic carbocycles. The fraction of sp³-hybridized carbons (Fsp3) is 0.238. The first kappa shape index (κ1) is 18.1. The number of pyridine rings is 1. The minimum Gasteiger partial charge on any atom is -0.494 e. The van der Waals surface area contributed by atoms with Crippen LogP contribution in [0, 0.1) is 0 Å². The molecule has 1 heterocycles. The predicted octanol–water partition coefficient (Wildman–Crippen LogP) is 4.55. The van der Waals surface area contributed by atoms with Gasteiger partial charge < -0.3 is 15.4 Å². The van der Waals surface area contributed by atoms with Crippen LogP contribution in [-0.2, 0) is 6.42 Å². The highest BCUT2D eigenvalue weighted by Crippen LogP contribution is 2.29. The van der Waals surface area contributed by atoms with Gasteiger partial charge >= 0.3 is 0 Å². The number of hydrogen-bond donors (Lipinski definition) is 2. The Morgan fingerprint density at radius 3 is 2.69 bits per heavy atom. The summed E-state index contributed by atoms with van der Waals surface area (Å²) < 4.78 is 5.39. The second kappa shape index (κ2) is 8.63. The van der Waals surface area contributed by atoms with E-state index in [0.717, 1.165) is 35.2 Å². The van der Waals surface area contributed by atoms with Crippen LogP contribution >= 0.6 is 12.2 Å². The van der Waals surface area contributed by atoms with Gasteiger partial charge in [0.05, 0.1) is 7.11 Å². The Morgan fingerprint density at radius 1 is 1.12 bits per heavy atom. The first-order chi connectivity index (χ1) is 12.7. The van der Waals surface area contributed by atoms with Gasteiger partial charge in [0.2, 0.25) is 0 Å². The summed E-state index contributed by atoms with van der Waals surface area (Å²) >= 11 is 5.49. The minimum atomic E-state index is 0.276. The van der Waals surface area contributed by atoms with E-state index < -0.39 is 0 Å². The summed E-state index contributed by atoms with van der Waals surface area (Å²) in [6, 6.07) is 18.5. The van der Waals surface area contributed by atoms with E-state index in [2.05, 4.69) is 46.8 Å². The number of aromatic nitrogens is 1. The van der Waals surface area contributed by atoms with Crippen molar-refractivity contribution in [2.75, 3.05) is 12.4 Å². The normalized spacial score (nSPS) is 11.8. The molecule has 0 bridgehead atoms. The number of ether oxygens (including phenoxy) is 1. The second-order valence-electron chi connectivity index (χ2n) is 6.24. The molecule has 3 rings (SSSR count). The number of aryl methyl sites for hydroxylation is 1. The first-order valence-corrected chi connectivity index (χ1v) is 9.11. The molecule has 134 valence electrons. The third-order valence-corrected chi connectivity index (χ3v) is 4.51. The van der Waals surface area contributed by atoms with E-state index >= 15 is 0 Å². The molecule has 0 aliphatic rings. The maximum Gasteiger partial charge on any atom is 0.171 e. The molecule has 0 unspecified atom stereocenters. The van der Waals surface area contributed by atoms with Crippen LogP contribution in [0.3, 0.4) is 0 Å². The van der Waals surface area contributed by atoms with E-state index in [9.17, 15) is 0 Å². The molecule has 0 aliphatic carbocycles. The molecule has 1 aromatic heterocycles. The molecule has 4 nitrogen and oxygen atoms in total. The lowest BCUT2D eigenvalue weighted by Crippen LogP contribution is -2.36. The van der Waals surface area contributed by atoms with E-state index in [1.165, 1.54) is 5.56 Å². The number of hydrogen-bond acceptors (Lipinski definition) is 3. The highest BCUT2D eigenvalue weighted by Gasteiger charge is 2.10. The zero-order valence-electron chi connectivity index (χ0n) is 15.0. The Kier molecular flexibility index (Phi) is 6.02. The van der Waals surface area contributed by atoms with Crippen molar-refractivity contribution in [3.8, 4) is 5.75 Å². The summed E-state index contributed by atoms with van der Waals surface area (Å²) in [5.74, 6) is 0.751. The molecule has 1 atom stereocenters. The van der Waals surface area contributed by atoms with Gasteiger partial charge in [-0.1, -0.05) is 30.3 Å². The van der Waals surface area contributed by atoms with Crippen molar-refractivity contribution >= 4 is 33.9 Å². The van der Waals surface area contributed by atoms with Crippen LogP contribution in [0.4, 0.5) is 5.69 Å². The Morgan fingerprint density at radius 2 is 1.92 bits per heavy atom. The van der Waals surface area contributed by atoms with Crippen molar-refractivity contribution in [3.63, 3.8) is 0 Å². The van der Waals surface area contributed by atoms with Gasteiger partial charge in [0.15, 0.2) is 5.11 Å². The highest BCUT2D eigenvalue weighted by atomic mass is 32.1. The van der Waals surface area contributed by atoms with Gasteiger partial charge in [-0.25, -0.2) is 0 Å². The average molecular weight is 366 g/mol. The number of rotatable bonds is 6. The van der Waals surface area contributed by atoms with Gasteiger partial charge in [0.1, 0.15) is 11.3 Å². The topological polar surface area (TPSA) is 46.2 Å². The molecule has 26 heavy (non-hydrogen) atoms. The summed E-state index contributed by atoms with van der Waals surface area (Å²) in [4.78, 5) is 4.42. The average Bonchev–Trinajstić information content (AvgIpc) is 2.67. The molecule has 0 radical (unpaired) electrons. The van der Waals surface area contributed by atoms with Crippen molar-refractivity contribution in [1.29, 1.82) is 0 Å². The molecule has 0 saturated heterocycles. The first-order valence-electron chi connectivity index (χ1n) is 8.70. The van der Waals surface area contributed by atoms with Crippen LogP contribution in [0.15, 0.2) is 60.8 Å². The van der Waals surface area contributed by atoms with Crippen LogP contribution in [0.2, 0.25) is 0 Å². The van der Waals surface area contributed by atoms with Gasteiger partial charge in [-0.3, -0.25) is 4.98 Å². The Bertz CT molecular complexity index is 883. The number of anilines is 1. The standard InChI is InChI=1S/C21H23N3OS/c1-15(10-11-16-7-4-3-5-8-16)23-21(26)24-18-12-13-19(25-2)20-17(18)9-6-14-22-20/h3-9,12-15H,10-11H2,1-2H3,(H2,23,24,26)/t15-/m1/s1. The molecule has 5 heteroatoms. The largest absolute Gasteiger partial charge is 0.494 e. The fourth-order valence-electron chi connectivity index (χ4n) is 2.90. The van der Waals surface area contributed by atoms with Gasteiger partial charge in [0, 0.05) is 23.3 Å². The lowest BCUT2D eigenvalue weighted by Gasteiger charge is -2.18. The minimum absolute atomic E-state index is 0.276. The van der Waals surface area contributed by atoms with E-state index in [1.54, 1.807) is 13.3 Å². The van der Waals surface area contributed by atoms with Crippen LogP contribution in [0.25, 0.3) is 10.9 Å². The number of nitrogens with zero attached hydrogens (tertiary/aromatic N) is 1. The van der Waals surface area contributed by atoms with E-state index in [1.807, 2.05) is 30.3 Å². The van der Waals surface area contributed by atoms with Crippen molar-refractivity contribution < 1.29 is 4.74 Å². The van der Waals surface area contributed by atoms with E-state index in [-0.39, 0.29) is 6.04 Å². The van der Waals surface area contributed by atoms with Crippen molar-refractivity contribution in [2.24, 2.45) is 0 Å². The zero-order valence-corrected chi connectivity index (χ0v) is 15.8. The number of nitrogens with one attached hydrogen (secondary N) is 2. The molecule has 0 fully saturated rings. The molecule has 0 spiro atoms. The number of benzene rings is 2. The molecule has 0 aliphatic heterocycles. The molecule has 3 aromatic rings. The third kappa shape index (κ3) is 4.49. The van der Waals surface area contributed by atoms with Gasteiger partial charge in [-0.05, 0) is 61.8 Å². The van der Waals surface area contributed by atoms with Gasteiger partial charge in [-0.2, -0.15) is 0 Å². The molecule has 2 N–H and O–H groups in total. The summed E-state index contributed by atoms with van der Waals surface area (Å²) in [6.45, 7) is 2.14. The van der Waals surface area contributed by atoms with Crippen molar-refractivity contribution in [1.82, 2.24) is 10.3 Å². The Balaban J connectivity index is 1.62. The Hall–Kier alpha value is -2.66. The molecular weight excluding hydrogens is 342 g/mol. The quantitative estimate of drug-likeness (QED) is 0.628. The van der Waals surface area contributed by atoms with Crippen LogP contribution in [0.5, 0.6) is 5.75 Å². The molecular formula is C21H23N3OS. The summed E-state index contributed by atoms with van der Waals surface area (Å²) in [5, 5.41) is 8.24. The monoisotopic (exact) mass is 365 g/mol. The lowest BCUT2D eigenvalue weighted by molar-refractivity contribution is 0.419. The molecule has 0 saturated carbocycles. The van der Waals surface area contributed by atoms with Gasteiger partial charge in [-0.15, -0.1) is 0 Å². The predicted molar refractivity (Wildman–Crippen MR) is 112 cm³/mol. The summed E-state index contributed by atoms with van der Waals surface area (Å²) in [6.07, 6.45) is 3.79. The van der Waals surface area contributed by atoms with Gasteiger partial charge in [0.25, 0.3) is 0 Å². The maximum absolute atomic E-state index is 5.49. The second-order valence-corrected chi connectivity index (χ2v) is 6.65. The Labute approximate surface area is 159 Å². The third-order valence-electron chi connectivity index (χ3n) is 4.29. The summed E-state index contributed by atoms with van der Waals surface area (Å²) in [7, 11) is 1.65. The van der Waals surface area contributed by atoms with E-state index in [0.29, 0.717) is 5.11 Å². The zero-order chi connectivity index (χ0) is 18.4. The number of fused-ring (bicyclic) bond motifs is 1. The fourth-order valence-corrected chi connectivity index (χ4v) is 3.21. The number of methoxy groups -OCH3 is 1. The van der Waals surface area contributed by atoms with Crippen molar-refractivity contribution in [2.45, 2.75) is 25.8 Å².